The van der Waals surface area contributed by atoms with Gasteiger partial charge in [-0.25, -0.2) is 15.0 Å². The number of aromatic nitrogens is 4. The molecule has 4 aromatic heterocycles. The van der Waals surface area contributed by atoms with Crippen molar-refractivity contribution in [3.63, 3.8) is 0 Å². The highest BCUT2D eigenvalue weighted by Gasteiger charge is 2.12. The highest BCUT2D eigenvalue weighted by Crippen LogP contribution is 2.27. The molecule has 252 valence electrons. The van der Waals surface area contributed by atoms with Gasteiger partial charge in [0.2, 0.25) is 0 Å². The fraction of sp³-hybridized carbons (Fsp3) is 0.275. The Kier molecular flexibility index (Phi) is 11.7. The number of benzene rings is 2. The number of hydrogen-bond acceptors (Lipinski definition) is 8. The lowest BCUT2D eigenvalue weighted by Gasteiger charge is -2.10. The van der Waals surface area contributed by atoms with Gasteiger partial charge < -0.3 is 10.6 Å². The predicted molar refractivity (Wildman–Crippen MR) is 208 cm³/mol. The van der Waals surface area contributed by atoms with E-state index in [0.717, 1.165) is 97.2 Å². The molecule has 0 aliphatic carbocycles. The van der Waals surface area contributed by atoms with Gasteiger partial charge in [0.05, 0.1) is 61.9 Å². The number of aryl methyl sites for hydroxylation is 6. The van der Waals surface area contributed by atoms with Gasteiger partial charge in [-0.1, -0.05) is 59.7 Å². The summed E-state index contributed by atoms with van der Waals surface area (Å²) in [4.78, 5) is 25.6. The average molecular weight is 688 g/mol. The van der Waals surface area contributed by atoms with Crippen LogP contribution >= 0.6 is 22.7 Å². The Morgan fingerprint density at radius 3 is 1.63 bits per heavy atom. The van der Waals surface area contributed by atoms with E-state index in [9.17, 15) is 0 Å². The van der Waals surface area contributed by atoms with E-state index in [1.807, 2.05) is 45.1 Å². The Balaban J connectivity index is 0.000000195. The number of nitrogens with zero attached hydrogens (tertiary/aromatic N) is 6. The predicted octanol–water partition coefficient (Wildman–Crippen LogP) is 9.64. The molecule has 4 heterocycles. The van der Waals surface area contributed by atoms with Gasteiger partial charge in [0.25, 0.3) is 0 Å². The minimum Gasteiger partial charge on any atom is -0.397 e. The van der Waals surface area contributed by atoms with Gasteiger partial charge in [-0.2, -0.15) is 0 Å². The van der Waals surface area contributed by atoms with Crippen LogP contribution in [0.3, 0.4) is 0 Å². The van der Waals surface area contributed by atoms with Crippen LogP contribution in [0.25, 0.3) is 22.5 Å². The number of nitrogens with two attached hydrogens (primary N) is 1. The van der Waals surface area contributed by atoms with Crippen LogP contribution in [0.2, 0.25) is 0 Å². The van der Waals surface area contributed by atoms with Gasteiger partial charge in [0.1, 0.15) is 0 Å². The molecule has 2 N–H and O–H groups in total. The van der Waals surface area contributed by atoms with Gasteiger partial charge >= 0.3 is 0 Å². The quantitative estimate of drug-likeness (QED) is 0.120. The van der Waals surface area contributed by atoms with Crippen molar-refractivity contribution in [2.75, 3.05) is 19.3 Å². The summed E-state index contributed by atoms with van der Waals surface area (Å²) < 4.78 is 0. The number of aliphatic imine (C=N–C) groups is 1. The minimum absolute atomic E-state index is 0.751. The largest absolute Gasteiger partial charge is 0.397 e. The SMILES string of the molecule is CCN(C)C=Nc1cc(C)c(Cc2nc(-c3ccc(C)cc3)cs2)nc1C.Cc1ccc(-c2csc(Cc3nc(C)c(N)cc3C)n2)cc1. The standard InChI is InChI=1S/C22H26N4S.C18H19N3S/c1-6-26(5)14-23-20-11-16(3)19(24-17(20)4)12-22-25-21(13-27-22)18-9-7-15(2)8-10-18;1-11-4-6-14(7-5-11)17-10-22-18(21-17)9-16-12(2)8-15(19)13(3)20-16/h7-11,13-14H,6,12H2,1-5H3;4-8,10H,9,19H2,1-3H3. The van der Waals surface area contributed by atoms with Gasteiger partial charge in [-0.15, -0.1) is 22.7 Å². The number of thiazole rings is 2. The van der Waals surface area contributed by atoms with Crippen LogP contribution < -0.4 is 5.73 Å². The Morgan fingerprint density at radius 1 is 0.673 bits per heavy atom. The first kappa shape index (κ1) is 35.6. The van der Waals surface area contributed by atoms with E-state index in [1.165, 1.54) is 11.1 Å². The lowest BCUT2D eigenvalue weighted by Crippen LogP contribution is -2.14. The smallest absolute Gasteiger partial charge is 0.0992 e. The molecule has 0 unspecified atom stereocenters. The second-order valence-corrected chi connectivity index (χ2v) is 14.3. The first-order chi connectivity index (χ1) is 23.5. The van der Waals surface area contributed by atoms with Crippen molar-refractivity contribution in [1.29, 1.82) is 0 Å². The lowest BCUT2D eigenvalue weighted by molar-refractivity contribution is 0.552. The maximum absolute atomic E-state index is 5.90. The molecular formula is C40H45N7S2. The maximum Gasteiger partial charge on any atom is 0.0992 e. The Hall–Kier alpha value is -4.73. The molecule has 0 aliphatic heterocycles. The summed E-state index contributed by atoms with van der Waals surface area (Å²) >= 11 is 3.37. The van der Waals surface area contributed by atoms with Gasteiger partial charge in [-0.05, 0) is 71.7 Å². The molecule has 9 heteroatoms. The van der Waals surface area contributed by atoms with E-state index in [-0.39, 0.29) is 0 Å². The van der Waals surface area contributed by atoms with Crippen LogP contribution in [0.5, 0.6) is 0 Å². The summed E-state index contributed by atoms with van der Waals surface area (Å²) in [6, 6.07) is 21.1. The first-order valence-corrected chi connectivity index (χ1v) is 18.2. The third-order valence-corrected chi connectivity index (χ3v) is 10.1. The molecule has 0 fully saturated rings. The summed E-state index contributed by atoms with van der Waals surface area (Å²) in [7, 11) is 2.02. The van der Waals surface area contributed by atoms with Crippen LogP contribution in [0.4, 0.5) is 11.4 Å². The molecule has 0 bridgehead atoms. The highest BCUT2D eigenvalue weighted by atomic mass is 32.1. The van der Waals surface area contributed by atoms with Crippen LogP contribution in [-0.2, 0) is 12.8 Å². The summed E-state index contributed by atoms with van der Waals surface area (Å²) in [5.41, 5.74) is 20.7. The zero-order valence-electron chi connectivity index (χ0n) is 29.7. The number of hydrogen-bond donors (Lipinski definition) is 1. The fourth-order valence-electron chi connectivity index (χ4n) is 5.03. The molecule has 0 aliphatic rings. The summed E-state index contributed by atoms with van der Waals surface area (Å²) in [6.45, 7) is 15.3. The Morgan fingerprint density at radius 2 is 1.14 bits per heavy atom. The van der Waals surface area contributed by atoms with E-state index in [2.05, 4.69) is 103 Å². The molecule has 7 nitrogen and oxygen atoms in total. The first-order valence-electron chi connectivity index (χ1n) is 16.5. The van der Waals surface area contributed by atoms with E-state index in [0.29, 0.717) is 0 Å². The van der Waals surface area contributed by atoms with Crippen molar-refractivity contribution in [1.82, 2.24) is 24.8 Å². The van der Waals surface area contributed by atoms with E-state index in [4.69, 9.17) is 20.7 Å². The minimum atomic E-state index is 0.751. The van der Waals surface area contributed by atoms with Crippen molar-refractivity contribution in [3.05, 3.63) is 126 Å². The van der Waals surface area contributed by atoms with Crippen LogP contribution in [0.1, 0.15) is 62.0 Å². The van der Waals surface area contributed by atoms with E-state index >= 15 is 0 Å². The summed E-state index contributed by atoms with van der Waals surface area (Å²) in [5.74, 6) is 0. The third-order valence-electron chi connectivity index (χ3n) is 8.36. The normalized spacial score (nSPS) is 11.1. The van der Waals surface area contributed by atoms with Crippen molar-refractivity contribution in [2.24, 2.45) is 4.99 Å². The summed E-state index contributed by atoms with van der Waals surface area (Å²) in [5, 5.41) is 6.40. The molecule has 0 amide bonds. The molecule has 6 rings (SSSR count). The zero-order chi connectivity index (χ0) is 35.1. The second-order valence-electron chi connectivity index (χ2n) is 12.4. The van der Waals surface area contributed by atoms with Gasteiger partial charge in [0.15, 0.2) is 0 Å². The molecule has 0 radical (unpaired) electrons. The molecule has 2 aromatic carbocycles. The van der Waals surface area contributed by atoms with Crippen molar-refractivity contribution < 1.29 is 0 Å². The van der Waals surface area contributed by atoms with Crippen molar-refractivity contribution in [3.8, 4) is 22.5 Å². The van der Waals surface area contributed by atoms with Gasteiger partial charge in [-0.3, -0.25) is 9.97 Å². The van der Waals surface area contributed by atoms with Crippen LogP contribution in [0, 0.1) is 41.5 Å². The molecule has 6 aromatic rings. The molecule has 0 spiro atoms. The van der Waals surface area contributed by atoms with Crippen molar-refractivity contribution in [2.45, 2.75) is 61.3 Å². The van der Waals surface area contributed by atoms with Gasteiger partial charge in [0, 0.05) is 48.3 Å². The Labute approximate surface area is 298 Å². The fourth-order valence-corrected chi connectivity index (χ4v) is 6.65. The molecule has 0 saturated heterocycles. The topological polar surface area (TPSA) is 93.2 Å². The molecule has 0 saturated carbocycles. The molecular weight excluding hydrogens is 643 g/mol. The second kappa shape index (κ2) is 16.1. The van der Waals surface area contributed by atoms with Crippen LogP contribution in [0.15, 0.2) is 76.4 Å². The maximum atomic E-state index is 5.90. The summed E-state index contributed by atoms with van der Waals surface area (Å²) in [6.07, 6.45) is 3.36. The monoisotopic (exact) mass is 687 g/mol. The van der Waals surface area contributed by atoms with E-state index in [1.54, 1.807) is 22.7 Å². The van der Waals surface area contributed by atoms with Crippen LogP contribution in [-0.4, -0.2) is 44.8 Å². The van der Waals surface area contributed by atoms with Crippen molar-refractivity contribution >= 4 is 40.4 Å². The number of anilines is 1. The average Bonchev–Trinajstić information content (AvgIpc) is 3.75. The number of rotatable bonds is 9. The molecule has 49 heavy (non-hydrogen) atoms. The third kappa shape index (κ3) is 9.46. The van der Waals surface area contributed by atoms with E-state index < -0.39 is 0 Å². The highest BCUT2D eigenvalue weighted by molar-refractivity contribution is 7.10. The lowest BCUT2D eigenvalue weighted by atomic mass is 10.1. The number of pyridine rings is 2. The number of nitrogen functional groups attached to an aromatic ring is 1. The Bertz CT molecular complexity index is 2040. The zero-order valence-corrected chi connectivity index (χ0v) is 31.3. The molecule has 0 atom stereocenters.